The summed E-state index contributed by atoms with van der Waals surface area (Å²) in [5.41, 5.74) is 1.88. The number of rotatable bonds is 11. The molecular formula is C30H29ClN2O6. The lowest BCUT2D eigenvalue weighted by Gasteiger charge is -2.26. The van der Waals surface area contributed by atoms with Crippen LogP contribution in [0.5, 0.6) is 17.2 Å². The van der Waals surface area contributed by atoms with Crippen LogP contribution in [0.25, 0.3) is 6.08 Å². The van der Waals surface area contributed by atoms with Gasteiger partial charge in [0.1, 0.15) is 17.9 Å². The quantitative estimate of drug-likeness (QED) is 0.241. The molecule has 1 N–H and O–H groups in total. The smallest absolute Gasteiger partial charge is 0.331 e. The van der Waals surface area contributed by atoms with Crippen molar-refractivity contribution >= 4 is 35.5 Å². The Kier molecular flexibility index (Phi) is 9.22. The number of urea groups is 1. The van der Waals surface area contributed by atoms with Crippen molar-refractivity contribution in [3.63, 3.8) is 0 Å². The van der Waals surface area contributed by atoms with Crippen LogP contribution >= 0.6 is 11.6 Å². The number of hydrogen-bond acceptors (Lipinski definition) is 6. The van der Waals surface area contributed by atoms with Crippen molar-refractivity contribution in [3.8, 4) is 17.2 Å². The number of ether oxygens (including phenoxy) is 3. The summed E-state index contributed by atoms with van der Waals surface area (Å²) in [6.45, 7) is 5.04. The van der Waals surface area contributed by atoms with E-state index in [1.165, 1.54) is 6.08 Å². The Hall–Kier alpha value is -4.30. The van der Waals surface area contributed by atoms with Crippen molar-refractivity contribution in [1.29, 1.82) is 0 Å². The monoisotopic (exact) mass is 548 g/mol. The lowest BCUT2D eigenvalue weighted by Crippen LogP contribution is -2.53. The van der Waals surface area contributed by atoms with Crippen molar-refractivity contribution in [2.75, 3.05) is 13.2 Å². The fourth-order valence-corrected chi connectivity index (χ4v) is 4.10. The molecule has 0 bridgehead atoms. The lowest BCUT2D eigenvalue weighted by atomic mass is 10.1. The minimum Gasteiger partial charge on any atom is -0.490 e. The van der Waals surface area contributed by atoms with Crippen molar-refractivity contribution < 1.29 is 28.6 Å². The van der Waals surface area contributed by atoms with Gasteiger partial charge in [-0.1, -0.05) is 54.9 Å². The molecule has 0 aliphatic carbocycles. The number of amides is 4. The minimum absolute atomic E-state index is 0.0512. The van der Waals surface area contributed by atoms with Gasteiger partial charge >= 0.3 is 6.03 Å². The first kappa shape index (κ1) is 27.7. The van der Waals surface area contributed by atoms with E-state index in [0.717, 1.165) is 16.9 Å². The third-order valence-electron chi connectivity index (χ3n) is 5.82. The van der Waals surface area contributed by atoms with Gasteiger partial charge in [0.05, 0.1) is 19.8 Å². The standard InChI is InChI=1S/C30H29ClN2O6/c1-3-14-38-26-13-12-21(17-27(26)37-4-2)18-33-29(35)24(28(34)32-30(33)36)16-20-8-7-10-23(15-20)39-19-22-9-5-6-11-25(22)31/h5-13,15-17H,3-4,14,18-19H2,1-2H3,(H,32,34,36)/b24-16-. The fourth-order valence-electron chi connectivity index (χ4n) is 3.91. The van der Waals surface area contributed by atoms with E-state index in [2.05, 4.69) is 5.32 Å². The summed E-state index contributed by atoms with van der Waals surface area (Å²) in [6.07, 6.45) is 2.28. The maximum Gasteiger partial charge on any atom is 0.331 e. The van der Waals surface area contributed by atoms with E-state index in [1.54, 1.807) is 48.5 Å². The summed E-state index contributed by atoms with van der Waals surface area (Å²) < 4.78 is 17.3. The first-order valence-electron chi connectivity index (χ1n) is 12.6. The molecule has 0 spiro atoms. The summed E-state index contributed by atoms with van der Waals surface area (Å²) in [5.74, 6) is 0.185. The van der Waals surface area contributed by atoms with Gasteiger partial charge in [-0.3, -0.25) is 19.8 Å². The largest absolute Gasteiger partial charge is 0.490 e. The fraction of sp³-hybridized carbons (Fsp3) is 0.233. The molecule has 1 aliphatic heterocycles. The Labute approximate surface area is 232 Å². The van der Waals surface area contributed by atoms with Gasteiger partial charge in [0.15, 0.2) is 11.5 Å². The summed E-state index contributed by atoms with van der Waals surface area (Å²) >= 11 is 6.20. The van der Waals surface area contributed by atoms with Gasteiger partial charge in [0.2, 0.25) is 0 Å². The van der Waals surface area contributed by atoms with Crippen LogP contribution in [0.15, 0.2) is 72.3 Å². The van der Waals surface area contributed by atoms with Crippen LogP contribution in [0.3, 0.4) is 0 Å². The number of carbonyl (C=O) groups is 3. The molecule has 1 saturated heterocycles. The molecule has 8 nitrogen and oxygen atoms in total. The van der Waals surface area contributed by atoms with Gasteiger partial charge in [-0.15, -0.1) is 0 Å². The molecule has 1 fully saturated rings. The third kappa shape index (κ3) is 6.97. The van der Waals surface area contributed by atoms with Crippen molar-refractivity contribution in [2.45, 2.75) is 33.4 Å². The van der Waals surface area contributed by atoms with Crippen LogP contribution < -0.4 is 19.5 Å². The van der Waals surface area contributed by atoms with E-state index in [-0.39, 0.29) is 18.7 Å². The molecule has 0 saturated carbocycles. The zero-order chi connectivity index (χ0) is 27.8. The summed E-state index contributed by atoms with van der Waals surface area (Å²) in [5, 5.41) is 2.85. The van der Waals surface area contributed by atoms with Crippen LogP contribution in [0.4, 0.5) is 4.79 Å². The van der Waals surface area contributed by atoms with Gasteiger partial charge in [0, 0.05) is 10.6 Å². The highest BCUT2D eigenvalue weighted by Gasteiger charge is 2.35. The summed E-state index contributed by atoms with van der Waals surface area (Å²) in [6, 6.07) is 18.8. The SMILES string of the molecule is CCCOc1ccc(CN2C(=O)NC(=O)/C(=C/c3cccc(OCc4ccccc4Cl)c3)C2=O)cc1OCC. The second-order valence-corrected chi connectivity index (χ2v) is 9.13. The molecule has 3 aromatic rings. The Morgan fingerprint density at radius 1 is 0.897 bits per heavy atom. The number of barbiturate groups is 1. The molecule has 3 aromatic carbocycles. The second-order valence-electron chi connectivity index (χ2n) is 8.72. The number of benzene rings is 3. The molecule has 202 valence electrons. The molecule has 9 heteroatoms. The lowest BCUT2D eigenvalue weighted by molar-refractivity contribution is -0.130. The molecule has 0 atom stereocenters. The predicted octanol–water partition coefficient (Wildman–Crippen LogP) is 5.77. The third-order valence-corrected chi connectivity index (χ3v) is 6.19. The first-order valence-corrected chi connectivity index (χ1v) is 13.0. The zero-order valence-electron chi connectivity index (χ0n) is 21.7. The molecule has 4 amide bonds. The number of nitrogens with zero attached hydrogens (tertiary/aromatic N) is 1. The number of nitrogens with one attached hydrogen (secondary N) is 1. The van der Waals surface area contributed by atoms with E-state index in [0.29, 0.717) is 46.6 Å². The highest BCUT2D eigenvalue weighted by Crippen LogP contribution is 2.30. The first-order chi connectivity index (χ1) is 18.9. The van der Waals surface area contributed by atoms with Crippen LogP contribution in [0.2, 0.25) is 5.02 Å². The highest BCUT2D eigenvalue weighted by atomic mass is 35.5. The molecule has 1 aliphatic rings. The van der Waals surface area contributed by atoms with Crippen molar-refractivity contribution in [3.05, 3.63) is 94.0 Å². The Morgan fingerprint density at radius 3 is 2.49 bits per heavy atom. The van der Waals surface area contributed by atoms with Crippen LogP contribution in [-0.2, 0) is 22.7 Å². The van der Waals surface area contributed by atoms with Gasteiger partial charge in [0.25, 0.3) is 11.8 Å². The molecule has 0 unspecified atom stereocenters. The van der Waals surface area contributed by atoms with E-state index in [4.69, 9.17) is 25.8 Å². The average molecular weight is 549 g/mol. The predicted molar refractivity (Wildman–Crippen MR) is 148 cm³/mol. The summed E-state index contributed by atoms with van der Waals surface area (Å²) in [4.78, 5) is 39.5. The van der Waals surface area contributed by atoms with E-state index in [9.17, 15) is 14.4 Å². The molecule has 39 heavy (non-hydrogen) atoms. The minimum atomic E-state index is -0.789. The number of hydrogen-bond donors (Lipinski definition) is 1. The van der Waals surface area contributed by atoms with Gasteiger partial charge in [-0.2, -0.15) is 0 Å². The van der Waals surface area contributed by atoms with Crippen molar-refractivity contribution in [1.82, 2.24) is 10.2 Å². The Bertz CT molecular complexity index is 1400. The van der Waals surface area contributed by atoms with Crippen LogP contribution in [0.1, 0.15) is 37.0 Å². The van der Waals surface area contributed by atoms with E-state index >= 15 is 0 Å². The number of carbonyl (C=O) groups excluding carboxylic acids is 3. The molecular weight excluding hydrogens is 520 g/mol. The van der Waals surface area contributed by atoms with Gasteiger partial charge < -0.3 is 14.2 Å². The highest BCUT2D eigenvalue weighted by molar-refractivity contribution is 6.31. The maximum absolute atomic E-state index is 13.3. The summed E-state index contributed by atoms with van der Waals surface area (Å²) in [7, 11) is 0. The zero-order valence-corrected chi connectivity index (χ0v) is 22.5. The van der Waals surface area contributed by atoms with Gasteiger partial charge in [-0.05, 0) is 60.9 Å². The Morgan fingerprint density at radius 2 is 1.72 bits per heavy atom. The van der Waals surface area contributed by atoms with E-state index in [1.807, 2.05) is 32.0 Å². The number of halogens is 1. The van der Waals surface area contributed by atoms with E-state index < -0.39 is 17.8 Å². The molecule has 4 rings (SSSR count). The maximum atomic E-state index is 13.3. The topological polar surface area (TPSA) is 94.2 Å². The van der Waals surface area contributed by atoms with Crippen LogP contribution in [0, 0.1) is 0 Å². The second kappa shape index (κ2) is 13.0. The molecule has 0 aromatic heterocycles. The normalized spacial score (nSPS) is 14.4. The number of imide groups is 2. The van der Waals surface area contributed by atoms with Gasteiger partial charge in [-0.25, -0.2) is 4.79 Å². The molecule has 0 radical (unpaired) electrons. The molecule has 1 heterocycles. The van der Waals surface area contributed by atoms with Crippen LogP contribution in [-0.4, -0.2) is 36.0 Å². The van der Waals surface area contributed by atoms with Crippen molar-refractivity contribution in [2.24, 2.45) is 0 Å². The Balaban J connectivity index is 1.52. The average Bonchev–Trinajstić information content (AvgIpc) is 2.93.